The highest BCUT2D eigenvalue weighted by Gasteiger charge is 2.05. The molecule has 0 saturated heterocycles. The standard InChI is InChI=1S/C15H20O5/c1-2-6-14(16)19-11-9-18-10-12-20-15(17)13-7-4-3-5-8-13/h3-5,7-8H,2,6,9-12H2,1H3. The average Bonchev–Trinajstić information content (AvgIpc) is 2.47. The first-order chi connectivity index (χ1) is 9.74. The first kappa shape index (κ1) is 16.2. The van der Waals surface area contributed by atoms with Gasteiger partial charge < -0.3 is 14.2 Å². The third-order valence-electron chi connectivity index (χ3n) is 2.42. The Bertz CT molecular complexity index is 402. The van der Waals surface area contributed by atoms with Crippen molar-refractivity contribution in [1.29, 1.82) is 0 Å². The molecule has 0 aliphatic carbocycles. The number of esters is 2. The van der Waals surface area contributed by atoms with Crippen LogP contribution < -0.4 is 0 Å². The zero-order chi connectivity index (χ0) is 14.6. The lowest BCUT2D eigenvalue weighted by molar-refractivity contribution is -0.145. The van der Waals surface area contributed by atoms with Crippen LogP contribution in [-0.4, -0.2) is 38.4 Å². The minimum absolute atomic E-state index is 0.177. The zero-order valence-electron chi connectivity index (χ0n) is 11.7. The molecule has 0 N–H and O–H groups in total. The minimum atomic E-state index is -0.372. The van der Waals surface area contributed by atoms with E-state index in [2.05, 4.69) is 0 Å². The highest BCUT2D eigenvalue weighted by molar-refractivity contribution is 5.89. The molecular formula is C15H20O5. The predicted molar refractivity (Wildman–Crippen MR) is 73.4 cm³/mol. The first-order valence-electron chi connectivity index (χ1n) is 6.69. The Morgan fingerprint density at radius 1 is 0.950 bits per heavy atom. The second-order valence-electron chi connectivity index (χ2n) is 4.08. The molecule has 0 aliphatic rings. The van der Waals surface area contributed by atoms with Crippen LogP contribution in [0.4, 0.5) is 0 Å². The van der Waals surface area contributed by atoms with E-state index < -0.39 is 0 Å². The molecule has 0 aromatic heterocycles. The fourth-order valence-electron chi connectivity index (χ4n) is 1.44. The third kappa shape index (κ3) is 6.89. The van der Waals surface area contributed by atoms with Crippen molar-refractivity contribution in [2.24, 2.45) is 0 Å². The third-order valence-corrected chi connectivity index (χ3v) is 2.42. The summed E-state index contributed by atoms with van der Waals surface area (Å²) in [4.78, 5) is 22.6. The van der Waals surface area contributed by atoms with Crippen LogP contribution in [0.25, 0.3) is 0 Å². The van der Waals surface area contributed by atoms with Crippen molar-refractivity contribution in [3.63, 3.8) is 0 Å². The van der Waals surface area contributed by atoms with E-state index in [9.17, 15) is 9.59 Å². The Morgan fingerprint density at radius 3 is 2.25 bits per heavy atom. The van der Waals surface area contributed by atoms with Gasteiger partial charge in [-0.2, -0.15) is 0 Å². The van der Waals surface area contributed by atoms with Gasteiger partial charge >= 0.3 is 11.9 Å². The molecule has 0 heterocycles. The summed E-state index contributed by atoms with van der Waals surface area (Å²) < 4.78 is 15.1. The number of rotatable bonds is 9. The van der Waals surface area contributed by atoms with Gasteiger partial charge in [0.2, 0.25) is 0 Å². The molecule has 0 spiro atoms. The summed E-state index contributed by atoms with van der Waals surface area (Å²) in [5.41, 5.74) is 0.515. The number of hydrogen-bond donors (Lipinski definition) is 0. The molecule has 0 bridgehead atoms. The van der Waals surface area contributed by atoms with E-state index >= 15 is 0 Å². The largest absolute Gasteiger partial charge is 0.463 e. The second-order valence-corrected chi connectivity index (χ2v) is 4.08. The fraction of sp³-hybridized carbons (Fsp3) is 0.467. The molecule has 0 radical (unpaired) electrons. The SMILES string of the molecule is CCCC(=O)OCCOCCOC(=O)c1ccccc1. The lowest BCUT2D eigenvalue weighted by Gasteiger charge is -2.07. The summed E-state index contributed by atoms with van der Waals surface area (Å²) in [6.07, 6.45) is 1.20. The lowest BCUT2D eigenvalue weighted by Crippen LogP contribution is -2.14. The molecule has 5 nitrogen and oxygen atoms in total. The molecule has 5 heteroatoms. The van der Waals surface area contributed by atoms with Gasteiger partial charge in [0, 0.05) is 6.42 Å². The molecule has 0 fully saturated rings. The quantitative estimate of drug-likeness (QED) is 0.512. The van der Waals surface area contributed by atoms with Gasteiger partial charge in [-0.3, -0.25) is 4.79 Å². The van der Waals surface area contributed by atoms with E-state index in [0.29, 0.717) is 18.6 Å². The number of benzene rings is 1. The van der Waals surface area contributed by atoms with E-state index in [1.807, 2.05) is 13.0 Å². The molecule has 0 saturated carbocycles. The Kier molecular flexibility index (Phi) is 8.07. The average molecular weight is 280 g/mol. The molecule has 1 aromatic rings. The van der Waals surface area contributed by atoms with Crippen LogP contribution in [-0.2, 0) is 19.0 Å². The van der Waals surface area contributed by atoms with E-state index in [-0.39, 0.29) is 31.8 Å². The maximum Gasteiger partial charge on any atom is 0.338 e. The summed E-state index contributed by atoms with van der Waals surface area (Å²) in [5, 5.41) is 0. The lowest BCUT2D eigenvalue weighted by atomic mass is 10.2. The molecular weight excluding hydrogens is 260 g/mol. The number of hydrogen-bond acceptors (Lipinski definition) is 5. The molecule has 1 rings (SSSR count). The summed E-state index contributed by atoms with van der Waals surface area (Å²) in [5.74, 6) is -0.588. The Labute approximate surface area is 118 Å². The van der Waals surface area contributed by atoms with Gasteiger partial charge in [0.05, 0.1) is 18.8 Å². The maximum atomic E-state index is 11.5. The summed E-state index contributed by atoms with van der Waals surface area (Å²) in [7, 11) is 0. The van der Waals surface area contributed by atoms with E-state index in [0.717, 1.165) is 6.42 Å². The Morgan fingerprint density at radius 2 is 1.60 bits per heavy atom. The molecule has 0 amide bonds. The van der Waals surface area contributed by atoms with Crippen LogP contribution in [0.2, 0.25) is 0 Å². The van der Waals surface area contributed by atoms with Gasteiger partial charge in [-0.05, 0) is 18.6 Å². The van der Waals surface area contributed by atoms with Gasteiger partial charge in [0.15, 0.2) is 0 Å². The number of ether oxygens (including phenoxy) is 3. The van der Waals surface area contributed by atoms with Gasteiger partial charge in [0.1, 0.15) is 13.2 Å². The van der Waals surface area contributed by atoms with Crippen LogP contribution in [0.1, 0.15) is 30.1 Å². The van der Waals surface area contributed by atoms with E-state index in [4.69, 9.17) is 14.2 Å². The highest BCUT2D eigenvalue weighted by Crippen LogP contribution is 2.00. The normalized spacial score (nSPS) is 10.1. The monoisotopic (exact) mass is 280 g/mol. The van der Waals surface area contributed by atoms with Crippen molar-refractivity contribution in [2.45, 2.75) is 19.8 Å². The van der Waals surface area contributed by atoms with Crippen molar-refractivity contribution in [1.82, 2.24) is 0 Å². The summed E-state index contributed by atoms with van der Waals surface area (Å²) in [6, 6.07) is 8.77. The predicted octanol–water partition coefficient (Wildman–Crippen LogP) is 2.20. The van der Waals surface area contributed by atoms with Crippen LogP contribution in [0.15, 0.2) is 30.3 Å². The van der Waals surface area contributed by atoms with E-state index in [1.54, 1.807) is 24.3 Å². The molecule has 0 atom stereocenters. The second kappa shape index (κ2) is 9.97. The molecule has 0 aliphatic heterocycles. The Balaban J connectivity index is 2.00. The van der Waals surface area contributed by atoms with Crippen LogP contribution >= 0.6 is 0 Å². The fourth-order valence-corrected chi connectivity index (χ4v) is 1.44. The molecule has 1 aromatic carbocycles. The van der Waals surface area contributed by atoms with Gasteiger partial charge in [-0.1, -0.05) is 25.1 Å². The van der Waals surface area contributed by atoms with Crippen LogP contribution in [0.5, 0.6) is 0 Å². The maximum absolute atomic E-state index is 11.5. The minimum Gasteiger partial charge on any atom is -0.463 e. The molecule has 20 heavy (non-hydrogen) atoms. The van der Waals surface area contributed by atoms with Crippen molar-refractivity contribution in [3.8, 4) is 0 Å². The van der Waals surface area contributed by atoms with Crippen molar-refractivity contribution < 1.29 is 23.8 Å². The number of carbonyl (C=O) groups excluding carboxylic acids is 2. The van der Waals surface area contributed by atoms with Crippen LogP contribution in [0.3, 0.4) is 0 Å². The van der Waals surface area contributed by atoms with Gasteiger partial charge in [0.25, 0.3) is 0 Å². The van der Waals surface area contributed by atoms with E-state index in [1.165, 1.54) is 0 Å². The smallest absolute Gasteiger partial charge is 0.338 e. The topological polar surface area (TPSA) is 61.8 Å². The summed E-state index contributed by atoms with van der Waals surface area (Å²) in [6.45, 7) is 2.91. The van der Waals surface area contributed by atoms with Crippen molar-refractivity contribution in [2.75, 3.05) is 26.4 Å². The molecule has 110 valence electrons. The molecule has 0 unspecified atom stereocenters. The van der Waals surface area contributed by atoms with Crippen molar-refractivity contribution >= 4 is 11.9 Å². The Hall–Kier alpha value is -1.88. The van der Waals surface area contributed by atoms with Crippen LogP contribution in [0, 0.1) is 0 Å². The van der Waals surface area contributed by atoms with Crippen molar-refractivity contribution in [3.05, 3.63) is 35.9 Å². The highest BCUT2D eigenvalue weighted by atomic mass is 16.6. The zero-order valence-corrected chi connectivity index (χ0v) is 11.7. The van der Waals surface area contributed by atoms with Gasteiger partial charge in [-0.25, -0.2) is 4.79 Å². The van der Waals surface area contributed by atoms with Gasteiger partial charge in [-0.15, -0.1) is 0 Å². The number of carbonyl (C=O) groups is 2. The first-order valence-corrected chi connectivity index (χ1v) is 6.69. The summed E-state index contributed by atoms with van der Waals surface area (Å²) >= 11 is 0.